The summed E-state index contributed by atoms with van der Waals surface area (Å²) in [6.45, 7) is 2.84. The number of benzene rings is 1. The zero-order chi connectivity index (χ0) is 21.4. The van der Waals surface area contributed by atoms with Crippen LogP contribution in [-0.2, 0) is 9.59 Å². The van der Waals surface area contributed by atoms with Gasteiger partial charge in [0.05, 0.1) is 0 Å². The Morgan fingerprint density at radius 3 is 2.52 bits per heavy atom. The maximum Gasteiger partial charge on any atom is 0.387 e. The molecule has 0 radical (unpaired) electrons. The van der Waals surface area contributed by atoms with E-state index in [0.717, 1.165) is 11.3 Å². The maximum absolute atomic E-state index is 13.0. The molecule has 0 bridgehead atoms. The molecular weight excluding hydrogens is 384 g/mol. The molecule has 1 aliphatic heterocycles. The second-order valence-electron chi connectivity index (χ2n) is 8.71. The fraction of sp³-hybridized carbons (Fsp3) is 0.550. The summed E-state index contributed by atoms with van der Waals surface area (Å²) < 4.78 is 28.6. The number of hydrogen-bond acceptors (Lipinski definition) is 4. The van der Waals surface area contributed by atoms with Gasteiger partial charge in [-0.2, -0.15) is 8.78 Å². The van der Waals surface area contributed by atoms with Crippen molar-refractivity contribution in [3.8, 4) is 5.75 Å². The molecule has 29 heavy (non-hydrogen) atoms. The molecule has 1 aliphatic carbocycles. The molecular formula is C20H25F2N3O4. The SMILES string of the molecule is C[C@@H]1CC(C)(C)C[C@]2(C1)NC(=O)N(CC(=O)Nc1ccc(OC(F)F)cc1)C2=O. The Hall–Kier alpha value is -2.71. The Kier molecular flexibility index (Phi) is 5.51. The van der Waals surface area contributed by atoms with Crippen LogP contribution in [-0.4, -0.2) is 41.4 Å². The van der Waals surface area contributed by atoms with Gasteiger partial charge in [0.25, 0.3) is 5.91 Å². The summed E-state index contributed by atoms with van der Waals surface area (Å²) in [6.07, 6.45) is 2.03. The van der Waals surface area contributed by atoms with Gasteiger partial charge in [0.2, 0.25) is 5.91 Å². The molecule has 4 amide bonds. The molecule has 1 heterocycles. The van der Waals surface area contributed by atoms with Gasteiger partial charge in [-0.25, -0.2) is 4.79 Å². The highest BCUT2D eigenvalue weighted by atomic mass is 19.3. The molecule has 7 nitrogen and oxygen atoms in total. The van der Waals surface area contributed by atoms with Crippen molar-refractivity contribution in [1.82, 2.24) is 10.2 Å². The van der Waals surface area contributed by atoms with Crippen molar-refractivity contribution in [3.63, 3.8) is 0 Å². The van der Waals surface area contributed by atoms with Crippen LogP contribution in [0.2, 0.25) is 0 Å². The minimum Gasteiger partial charge on any atom is -0.435 e. The van der Waals surface area contributed by atoms with Gasteiger partial charge in [-0.3, -0.25) is 14.5 Å². The molecule has 2 fully saturated rings. The lowest BCUT2D eigenvalue weighted by molar-refractivity contribution is -0.136. The Labute approximate surface area is 167 Å². The summed E-state index contributed by atoms with van der Waals surface area (Å²) in [5, 5.41) is 5.37. The number of nitrogens with zero attached hydrogens (tertiary/aromatic N) is 1. The van der Waals surface area contributed by atoms with Gasteiger partial charge >= 0.3 is 12.6 Å². The molecule has 1 aromatic rings. The second kappa shape index (κ2) is 7.61. The van der Waals surface area contributed by atoms with E-state index in [-0.39, 0.29) is 23.0 Å². The van der Waals surface area contributed by atoms with Crippen LogP contribution >= 0.6 is 0 Å². The van der Waals surface area contributed by atoms with Gasteiger partial charge in [-0.15, -0.1) is 0 Å². The van der Waals surface area contributed by atoms with Crippen molar-refractivity contribution in [2.45, 2.75) is 52.2 Å². The van der Waals surface area contributed by atoms with E-state index in [2.05, 4.69) is 36.1 Å². The maximum atomic E-state index is 13.0. The lowest BCUT2D eigenvalue weighted by Gasteiger charge is -2.43. The van der Waals surface area contributed by atoms with E-state index >= 15 is 0 Å². The number of carbonyl (C=O) groups excluding carboxylic acids is 3. The van der Waals surface area contributed by atoms with Gasteiger partial charge in [-0.05, 0) is 54.9 Å². The monoisotopic (exact) mass is 409 g/mol. The summed E-state index contributed by atoms with van der Waals surface area (Å²) >= 11 is 0. The molecule has 2 N–H and O–H groups in total. The van der Waals surface area contributed by atoms with Crippen LogP contribution in [0.5, 0.6) is 5.75 Å². The van der Waals surface area contributed by atoms with Gasteiger partial charge < -0.3 is 15.4 Å². The average Bonchev–Trinajstić information content (AvgIpc) is 2.78. The molecule has 1 spiro atoms. The van der Waals surface area contributed by atoms with Crippen molar-refractivity contribution in [2.24, 2.45) is 11.3 Å². The number of hydrogen-bond donors (Lipinski definition) is 2. The highest BCUT2D eigenvalue weighted by Crippen LogP contribution is 2.46. The summed E-state index contributed by atoms with van der Waals surface area (Å²) in [5.74, 6) is -0.706. The molecule has 1 aromatic carbocycles. The smallest absolute Gasteiger partial charge is 0.387 e. The fourth-order valence-corrected chi connectivity index (χ4v) is 4.71. The van der Waals surface area contributed by atoms with E-state index in [0.29, 0.717) is 18.5 Å². The number of carbonyl (C=O) groups is 3. The third kappa shape index (κ3) is 4.65. The van der Waals surface area contributed by atoms with Crippen LogP contribution < -0.4 is 15.4 Å². The van der Waals surface area contributed by atoms with Crippen molar-refractivity contribution in [3.05, 3.63) is 24.3 Å². The molecule has 1 saturated heterocycles. The average molecular weight is 409 g/mol. The van der Waals surface area contributed by atoms with Crippen LogP contribution in [0, 0.1) is 11.3 Å². The van der Waals surface area contributed by atoms with E-state index < -0.39 is 30.6 Å². The number of ether oxygens (including phenoxy) is 1. The topological polar surface area (TPSA) is 87.7 Å². The van der Waals surface area contributed by atoms with E-state index in [9.17, 15) is 23.2 Å². The molecule has 2 atom stereocenters. The number of halogens is 2. The minimum absolute atomic E-state index is 0.0388. The molecule has 3 rings (SSSR count). The highest BCUT2D eigenvalue weighted by molar-refractivity contribution is 6.10. The minimum atomic E-state index is -2.94. The molecule has 9 heteroatoms. The number of alkyl halides is 2. The first-order valence-electron chi connectivity index (χ1n) is 9.49. The van der Waals surface area contributed by atoms with Crippen LogP contribution in [0.15, 0.2) is 24.3 Å². The van der Waals surface area contributed by atoms with Crippen LogP contribution in [0.1, 0.15) is 40.0 Å². The number of imide groups is 1. The molecule has 158 valence electrons. The Bertz CT molecular complexity index is 812. The predicted molar refractivity (Wildman–Crippen MR) is 101 cm³/mol. The molecule has 0 aromatic heterocycles. The second-order valence-corrected chi connectivity index (χ2v) is 8.71. The number of rotatable bonds is 5. The molecule has 1 saturated carbocycles. The zero-order valence-electron chi connectivity index (χ0n) is 16.6. The Morgan fingerprint density at radius 2 is 1.93 bits per heavy atom. The van der Waals surface area contributed by atoms with Gasteiger partial charge in [0, 0.05) is 5.69 Å². The lowest BCUT2D eigenvalue weighted by atomic mass is 9.64. The predicted octanol–water partition coefficient (Wildman–Crippen LogP) is 3.36. The van der Waals surface area contributed by atoms with Gasteiger partial charge in [-0.1, -0.05) is 20.8 Å². The van der Waals surface area contributed by atoms with Gasteiger partial charge in [0.1, 0.15) is 17.8 Å². The van der Waals surface area contributed by atoms with E-state index in [1.54, 1.807) is 0 Å². The number of amides is 4. The van der Waals surface area contributed by atoms with E-state index in [4.69, 9.17) is 0 Å². The molecule has 2 aliphatic rings. The normalized spacial score (nSPS) is 26.0. The first-order chi connectivity index (χ1) is 13.5. The summed E-state index contributed by atoms with van der Waals surface area (Å²) in [7, 11) is 0. The van der Waals surface area contributed by atoms with Crippen LogP contribution in [0.3, 0.4) is 0 Å². The van der Waals surface area contributed by atoms with Crippen LogP contribution in [0.25, 0.3) is 0 Å². The summed E-state index contributed by atoms with van der Waals surface area (Å²) in [5.41, 5.74) is -0.723. The van der Waals surface area contributed by atoms with E-state index in [1.807, 2.05) is 0 Å². The first-order valence-corrected chi connectivity index (χ1v) is 9.49. The number of nitrogens with one attached hydrogen (secondary N) is 2. The third-order valence-electron chi connectivity index (χ3n) is 5.29. The first kappa shape index (κ1) is 21.0. The lowest BCUT2D eigenvalue weighted by Crippen LogP contribution is -2.54. The van der Waals surface area contributed by atoms with Crippen molar-refractivity contribution in [2.75, 3.05) is 11.9 Å². The summed E-state index contributed by atoms with van der Waals surface area (Å²) in [4.78, 5) is 38.8. The highest BCUT2D eigenvalue weighted by Gasteiger charge is 2.56. The Balaban J connectivity index is 1.65. The fourth-order valence-electron chi connectivity index (χ4n) is 4.71. The van der Waals surface area contributed by atoms with Gasteiger partial charge in [0.15, 0.2) is 0 Å². The standard InChI is InChI=1S/C20H25F2N3O4/c1-12-8-19(2,3)11-20(9-12)16(27)25(18(28)24-20)10-15(26)23-13-4-6-14(7-5-13)29-17(21)22/h4-7,12,17H,8-11H2,1-3H3,(H,23,26)(H,24,28)/t12-,20+/m1/s1. The van der Waals surface area contributed by atoms with Crippen molar-refractivity contribution < 1.29 is 27.9 Å². The summed E-state index contributed by atoms with van der Waals surface area (Å²) in [6, 6.07) is 4.80. The largest absolute Gasteiger partial charge is 0.435 e. The van der Waals surface area contributed by atoms with Crippen molar-refractivity contribution >= 4 is 23.5 Å². The zero-order valence-corrected chi connectivity index (χ0v) is 16.6. The van der Waals surface area contributed by atoms with E-state index in [1.165, 1.54) is 24.3 Å². The molecule has 0 unspecified atom stereocenters. The third-order valence-corrected chi connectivity index (χ3v) is 5.29. The Morgan fingerprint density at radius 1 is 1.28 bits per heavy atom. The van der Waals surface area contributed by atoms with Crippen molar-refractivity contribution in [1.29, 1.82) is 0 Å². The quantitative estimate of drug-likeness (QED) is 0.730. The van der Waals surface area contributed by atoms with Crippen LogP contribution in [0.4, 0.5) is 19.3 Å². The number of anilines is 1. The number of urea groups is 1.